The van der Waals surface area contributed by atoms with Gasteiger partial charge in [0.2, 0.25) is 0 Å². The van der Waals surface area contributed by atoms with Crippen LogP contribution in [-0.2, 0) is 28.7 Å². The number of methoxy groups -OCH3 is 3. The summed E-state index contributed by atoms with van der Waals surface area (Å²) < 4.78 is 15.8. The van der Waals surface area contributed by atoms with E-state index in [9.17, 15) is 9.59 Å². The molecule has 0 radical (unpaired) electrons. The molecule has 0 spiro atoms. The third-order valence-corrected chi connectivity index (χ3v) is 7.05. The lowest BCUT2D eigenvalue weighted by Gasteiger charge is -2.53. The largest absolute Gasteiger partial charge is 0.497 e. The average molecular weight is 484 g/mol. The predicted molar refractivity (Wildman–Crippen MR) is 127 cm³/mol. The fourth-order valence-corrected chi connectivity index (χ4v) is 5.37. The second-order valence-corrected chi connectivity index (χ2v) is 9.03. The molecule has 8 heteroatoms. The van der Waals surface area contributed by atoms with E-state index in [0.29, 0.717) is 6.42 Å². The number of benzene rings is 2. The lowest BCUT2D eigenvalue weighted by molar-refractivity contribution is -0.466. The molecule has 2 aromatic rings. The maximum atomic E-state index is 13.5. The molecule has 2 fully saturated rings. The van der Waals surface area contributed by atoms with Crippen molar-refractivity contribution in [3.63, 3.8) is 0 Å². The Bertz CT molecular complexity index is 994. The van der Waals surface area contributed by atoms with E-state index >= 15 is 0 Å². The van der Waals surface area contributed by atoms with Crippen LogP contribution < -0.4 is 4.74 Å². The highest BCUT2D eigenvalue weighted by atomic mass is 17.0. The van der Waals surface area contributed by atoms with E-state index in [4.69, 9.17) is 23.9 Å². The van der Waals surface area contributed by atoms with Crippen LogP contribution in [0.4, 0.5) is 0 Å². The fraction of sp³-hybridized carbons (Fsp3) is 0.481. The van der Waals surface area contributed by atoms with Crippen molar-refractivity contribution in [1.82, 2.24) is 5.23 Å². The molecule has 2 aromatic carbocycles. The molecule has 2 heterocycles. The summed E-state index contributed by atoms with van der Waals surface area (Å²) in [5.74, 6) is -0.876. The minimum Gasteiger partial charge on any atom is -0.497 e. The van der Waals surface area contributed by atoms with Crippen molar-refractivity contribution in [3.05, 3.63) is 65.7 Å². The SMILES string of the molecule is CCC[C@@H]1C[C@@H](c2ccc(OC)cc2)[C@H]2N(O1)O[C@H](c1ccccc1)CC2(C(=O)OC)C(=O)OC. The lowest BCUT2D eigenvalue weighted by atomic mass is 9.66. The summed E-state index contributed by atoms with van der Waals surface area (Å²) in [5, 5.41) is 1.38. The third-order valence-electron chi connectivity index (χ3n) is 7.05. The Labute approximate surface area is 206 Å². The van der Waals surface area contributed by atoms with Crippen molar-refractivity contribution in [3.8, 4) is 5.75 Å². The highest BCUT2D eigenvalue weighted by Gasteiger charge is 2.65. The molecular formula is C27H33NO7. The maximum absolute atomic E-state index is 13.5. The van der Waals surface area contributed by atoms with Crippen LogP contribution in [0.15, 0.2) is 54.6 Å². The molecule has 2 aliphatic rings. The molecule has 0 aromatic heterocycles. The predicted octanol–water partition coefficient (Wildman–Crippen LogP) is 4.36. The summed E-state index contributed by atoms with van der Waals surface area (Å²) in [6.45, 7) is 2.09. The number of hydrogen-bond donors (Lipinski definition) is 0. The van der Waals surface area contributed by atoms with E-state index in [0.717, 1.165) is 29.7 Å². The summed E-state index contributed by atoms with van der Waals surface area (Å²) in [6.07, 6.45) is 1.63. The summed E-state index contributed by atoms with van der Waals surface area (Å²) in [6, 6.07) is 16.4. The van der Waals surface area contributed by atoms with Gasteiger partial charge >= 0.3 is 11.9 Å². The van der Waals surface area contributed by atoms with E-state index in [1.165, 1.54) is 19.4 Å². The molecule has 4 rings (SSSR count). The summed E-state index contributed by atoms with van der Waals surface area (Å²) in [5.41, 5.74) is 0.110. The Hall–Kier alpha value is -2.94. The van der Waals surface area contributed by atoms with E-state index in [2.05, 4.69) is 6.92 Å². The second-order valence-electron chi connectivity index (χ2n) is 9.03. The van der Waals surface area contributed by atoms with Crippen LogP contribution in [0, 0.1) is 5.41 Å². The van der Waals surface area contributed by atoms with E-state index < -0.39 is 29.5 Å². The van der Waals surface area contributed by atoms with Gasteiger partial charge in [0.25, 0.3) is 0 Å². The van der Waals surface area contributed by atoms with Gasteiger partial charge in [0.05, 0.1) is 33.5 Å². The highest BCUT2D eigenvalue weighted by Crippen LogP contribution is 2.53. The van der Waals surface area contributed by atoms with Crippen LogP contribution >= 0.6 is 0 Å². The first kappa shape index (κ1) is 25.2. The van der Waals surface area contributed by atoms with Gasteiger partial charge in [-0.1, -0.05) is 61.0 Å². The molecule has 0 aliphatic carbocycles. The zero-order chi connectivity index (χ0) is 25.0. The van der Waals surface area contributed by atoms with Crippen molar-refractivity contribution in [1.29, 1.82) is 0 Å². The molecule has 0 N–H and O–H groups in total. The van der Waals surface area contributed by atoms with Crippen LogP contribution in [-0.4, -0.2) is 50.6 Å². The van der Waals surface area contributed by atoms with Gasteiger partial charge in [-0.05, 0) is 36.1 Å². The van der Waals surface area contributed by atoms with Crippen molar-refractivity contribution in [2.24, 2.45) is 5.41 Å². The summed E-state index contributed by atoms with van der Waals surface area (Å²) in [7, 11) is 4.19. The number of hydrogen-bond acceptors (Lipinski definition) is 8. The Morgan fingerprint density at radius 3 is 2.17 bits per heavy atom. The third kappa shape index (κ3) is 4.66. The Morgan fingerprint density at radius 1 is 0.943 bits per heavy atom. The number of ether oxygens (including phenoxy) is 3. The molecule has 188 valence electrons. The molecule has 2 saturated heterocycles. The first-order valence-electron chi connectivity index (χ1n) is 12.0. The number of rotatable bonds is 7. The van der Waals surface area contributed by atoms with E-state index in [1.807, 2.05) is 54.6 Å². The normalized spacial score (nSPS) is 25.8. The van der Waals surface area contributed by atoms with Crippen LogP contribution in [0.1, 0.15) is 55.8 Å². The standard InChI is InChI=1S/C27H33NO7/c1-5-9-21-16-22(18-12-14-20(31-2)15-13-18)24-27(25(29)32-3,26(30)33-4)17-23(35-28(24)34-21)19-10-7-6-8-11-19/h6-8,10-15,21-24H,5,9,16-17H2,1-4H3/t21-,22+,23+,24-/m1/s1. The van der Waals surface area contributed by atoms with Gasteiger partial charge in [0.1, 0.15) is 11.9 Å². The Balaban J connectivity index is 1.86. The number of esters is 2. The van der Waals surface area contributed by atoms with Gasteiger partial charge in [-0.15, -0.1) is 0 Å². The quantitative estimate of drug-likeness (QED) is 0.424. The summed E-state index contributed by atoms with van der Waals surface area (Å²) >= 11 is 0. The van der Waals surface area contributed by atoms with E-state index in [-0.39, 0.29) is 18.4 Å². The molecule has 0 unspecified atom stereocenters. The molecule has 0 saturated carbocycles. The number of carbonyl (C=O) groups is 2. The zero-order valence-corrected chi connectivity index (χ0v) is 20.6. The molecule has 4 atom stereocenters. The van der Waals surface area contributed by atoms with Crippen LogP contribution in [0.25, 0.3) is 0 Å². The molecular weight excluding hydrogens is 450 g/mol. The van der Waals surface area contributed by atoms with Gasteiger partial charge in [-0.3, -0.25) is 19.3 Å². The van der Waals surface area contributed by atoms with Crippen LogP contribution in [0.2, 0.25) is 0 Å². The highest BCUT2D eigenvalue weighted by molar-refractivity contribution is 6.01. The van der Waals surface area contributed by atoms with Gasteiger partial charge in [0.15, 0.2) is 5.41 Å². The Morgan fingerprint density at radius 2 is 1.60 bits per heavy atom. The number of fused-ring (bicyclic) bond motifs is 1. The average Bonchev–Trinajstić information content (AvgIpc) is 2.91. The first-order valence-corrected chi connectivity index (χ1v) is 12.0. The maximum Gasteiger partial charge on any atom is 0.325 e. The van der Waals surface area contributed by atoms with Gasteiger partial charge in [-0.25, -0.2) is 0 Å². The second kappa shape index (κ2) is 10.8. The summed E-state index contributed by atoms with van der Waals surface area (Å²) in [4.78, 5) is 39.7. The minimum atomic E-state index is -1.66. The van der Waals surface area contributed by atoms with Gasteiger partial charge < -0.3 is 14.2 Å². The van der Waals surface area contributed by atoms with Crippen molar-refractivity contribution in [2.45, 2.75) is 56.8 Å². The smallest absolute Gasteiger partial charge is 0.325 e. The van der Waals surface area contributed by atoms with Crippen LogP contribution in [0.3, 0.4) is 0 Å². The number of carbonyl (C=O) groups excluding carboxylic acids is 2. The molecule has 8 nitrogen and oxygen atoms in total. The van der Waals surface area contributed by atoms with Crippen molar-refractivity contribution < 1.29 is 33.5 Å². The van der Waals surface area contributed by atoms with Crippen LogP contribution in [0.5, 0.6) is 5.75 Å². The Kier molecular flexibility index (Phi) is 7.74. The zero-order valence-electron chi connectivity index (χ0n) is 20.6. The van der Waals surface area contributed by atoms with Crippen molar-refractivity contribution >= 4 is 11.9 Å². The first-order chi connectivity index (χ1) is 17.0. The minimum absolute atomic E-state index is 0.0615. The van der Waals surface area contributed by atoms with E-state index in [1.54, 1.807) is 7.11 Å². The molecule has 0 bridgehead atoms. The fourth-order valence-electron chi connectivity index (χ4n) is 5.37. The van der Waals surface area contributed by atoms with Gasteiger partial charge in [0, 0.05) is 12.3 Å². The monoisotopic (exact) mass is 483 g/mol. The van der Waals surface area contributed by atoms with Gasteiger partial charge in [-0.2, -0.15) is 0 Å². The number of hydroxylamine groups is 2. The molecule has 35 heavy (non-hydrogen) atoms. The number of nitrogens with zero attached hydrogens (tertiary/aromatic N) is 1. The van der Waals surface area contributed by atoms with Crippen molar-refractivity contribution in [2.75, 3.05) is 21.3 Å². The topological polar surface area (TPSA) is 83.5 Å². The lowest BCUT2D eigenvalue weighted by Crippen LogP contribution is -2.65. The molecule has 0 amide bonds. The molecule has 2 aliphatic heterocycles.